The van der Waals surface area contributed by atoms with Crippen LogP contribution < -0.4 is 20.9 Å². The lowest BCUT2D eigenvalue weighted by Gasteiger charge is -2.33. The van der Waals surface area contributed by atoms with Gasteiger partial charge in [-0.05, 0) is 20.8 Å². The topological polar surface area (TPSA) is 89.2 Å². The second-order valence-corrected chi connectivity index (χ2v) is 5.82. The summed E-state index contributed by atoms with van der Waals surface area (Å²) < 4.78 is 5.53. The van der Waals surface area contributed by atoms with Gasteiger partial charge in [0.05, 0.1) is 6.10 Å². The second kappa shape index (κ2) is 6.25. The molecule has 1 aliphatic heterocycles. The van der Waals surface area contributed by atoms with E-state index in [1.165, 1.54) is 0 Å². The minimum absolute atomic E-state index is 0.00945. The van der Waals surface area contributed by atoms with Crippen LogP contribution in [0.4, 0.5) is 11.9 Å². The highest BCUT2D eigenvalue weighted by molar-refractivity contribution is 7.99. The van der Waals surface area contributed by atoms with Crippen LogP contribution >= 0.6 is 11.8 Å². The van der Waals surface area contributed by atoms with E-state index in [2.05, 4.69) is 32.2 Å². The number of hydrogen-bond donors (Lipinski definition) is 2. The van der Waals surface area contributed by atoms with Crippen molar-refractivity contribution in [2.24, 2.45) is 5.84 Å². The fourth-order valence-corrected chi connectivity index (χ4v) is 2.84. The highest BCUT2D eigenvalue weighted by Gasteiger charge is 2.23. The highest BCUT2D eigenvalue weighted by atomic mass is 32.2. The van der Waals surface area contributed by atoms with Gasteiger partial charge in [0.2, 0.25) is 11.9 Å². The van der Waals surface area contributed by atoms with Crippen LogP contribution in [0.5, 0.6) is 6.01 Å². The lowest BCUT2D eigenvalue weighted by molar-refractivity contribution is 0.222. The van der Waals surface area contributed by atoms with Crippen molar-refractivity contribution in [3.05, 3.63) is 0 Å². The molecule has 1 saturated heterocycles. The van der Waals surface area contributed by atoms with Crippen molar-refractivity contribution >= 4 is 23.7 Å². The molecule has 2 rings (SSSR count). The summed E-state index contributed by atoms with van der Waals surface area (Å²) in [5.41, 5.74) is 2.46. The quantitative estimate of drug-likeness (QED) is 0.622. The Morgan fingerprint density at radius 2 is 2.21 bits per heavy atom. The lowest BCUT2D eigenvalue weighted by Crippen LogP contribution is -2.41. The molecule has 1 aromatic heterocycles. The molecule has 1 unspecified atom stereocenters. The molecule has 0 saturated carbocycles. The van der Waals surface area contributed by atoms with Gasteiger partial charge in [0.1, 0.15) is 0 Å². The molecule has 0 radical (unpaired) electrons. The number of nitrogens with one attached hydrogen (secondary N) is 1. The molecular weight excluding hydrogens is 264 g/mol. The summed E-state index contributed by atoms with van der Waals surface area (Å²) in [4.78, 5) is 14.9. The third-order valence-electron chi connectivity index (χ3n) is 2.70. The number of ether oxygens (including phenoxy) is 1. The van der Waals surface area contributed by atoms with Gasteiger partial charge >= 0.3 is 6.01 Å². The van der Waals surface area contributed by atoms with Gasteiger partial charge in [-0.3, -0.25) is 5.43 Å². The van der Waals surface area contributed by atoms with E-state index in [9.17, 15) is 0 Å². The Bertz CT molecular complexity index is 430. The molecule has 1 fully saturated rings. The molecule has 19 heavy (non-hydrogen) atoms. The van der Waals surface area contributed by atoms with Crippen molar-refractivity contribution < 1.29 is 4.74 Å². The number of nitrogens with zero attached hydrogens (tertiary/aromatic N) is 4. The zero-order valence-electron chi connectivity index (χ0n) is 11.5. The average Bonchev–Trinajstić information content (AvgIpc) is 2.38. The van der Waals surface area contributed by atoms with E-state index in [1.54, 1.807) is 0 Å². The molecule has 8 heteroatoms. The average molecular weight is 284 g/mol. The fraction of sp³-hybridized carbons (Fsp3) is 0.727. The van der Waals surface area contributed by atoms with E-state index in [-0.39, 0.29) is 6.10 Å². The van der Waals surface area contributed by atoms with E-state index in [1.807, 2.05) is 25.6 Å². The summed E-state index contributed by atoms with van der Waals surface area (Å²) in [5, 5.41) is 0. The molecule has 0 aromatic carbocycles. The summed E-state index contributed by atoms with van der Waals surface area (Å²) in [6.07, 6.45) is 0.00945. The molecule has 1 aliphatic rings. The first-order valence-corrected chi connectivity index (χ1v) is 7.49. The minimum Gasteiger partial charge on any atom is -0.461 e. The Morgan fingerprint density at radius 1 is 1.42 bits per heavy atom. The van der Waals surface area contributed by atoms with Crippen LogP contribution in [0.25, 0.3) is 0 Å². The summed E-state index contributed by atoms with van der Waals surface area (Å²) in [6, 6.07) is 0.692. The van der Waals surface area contributed by atoms with Crippen molar-refractivity contribution in [2.75, 3.05) is 28.4 Å². The van der Waals surface area contributed by atoms with Gasteiger partial charge < -0.3 is 9.64 Å². The molecule has 0 spiro atoms. The van der Waals surface area contributed by atoms with Gasteiger partial charge in [-0.25, -0.2) is 5.84 Å². The summed E-state index contributed by atoms with van der Waals surface area (Å²) in [6.45, 7) is 6.94. The number of thioether (sulfide) groups is 1. The number of aromatic nitrogens is 3. The SMILES string of the molecule is CC(C)Oc1nc(NN)nc(N2CCSCC2C)n1. The minimum atomic E-state index is 0.00945. The molecule has 1 aromatic rings. The molecule has 0 aliphatic carbocycles. The second-order valence-electron chi connectivity index (χ2n) is 4.67. The van der Waals surface area contributed by atoms with Crippen molar-refractivity contribution in [1.82, 2.24) is 15.0 Å². The van der Waals surface area contributed by atoms with Crippen LogP contribution in [-0.2, 0) is 0 Å². The lowest BCUT2D eigenvalue weighted by atomic mass is 10.3. The number of hydrazine groups is 1. The zero-order chi connectivity index (χ0) is 13.8. The Balaban J connectivity index is 2.27. The molecule has 2 heterocycles. The monoisotopic (exact) mass is 284 g/mol. The highest BCUT2D eigenvalue weighted by Crippen LogP contribution is 2.23. The van der Waals surface area contributed by atoms with Crippen LogP contribution in [0.3, 0.4) is 0 Å². The van der Waals surface area contributed by atoms with Gasteiger partial charge in [-0.15, -0.1) is 0 Å². The Morgan fingerprint density at radius 3 is 2.84 bits per heavy atom. The fourth-order valence-electron chi connectivity index (χ4n) is 1.83. The molecule has 3 N–H and O–H groups in total. The normalized spacial score (nSPS) is 19.6. The largest absolute Gasteiger partial charge is 0.461 e. The number of anilines is 2. The first-order chi connectivity index (χ1) is 9.10. The Labute approximate surface area is 117 Å². The summed E-state index contributed by atoms with van der Waals surface area (Å²) in [5.74, 6) is 8.48. The standard InChI is InChI=1S/C11H20N6OS/c1-7(2)18-11-14-9(16-12)13-10(15-11)17-4-5-19-6-8(17)3/h7-8H,4-6,12H2,1-3H3,(H,13,14,15,16). The molecule has 0 amide bonds. The zero-order valence-corrected chi connectivity index (χ0v) is 12.3. The maximum absolute atomic E-state index is 5.53. The Hall–Kier alpha value is -1.28. The van der Waals surface area contributed by atoms with Gasteiger partial charge in [-0.2, -0.15) is 26.7 Å². The molecule has 0 bridgehead atoms. The summed E-state index contributed by atoms with van der Waals surface area (Å²) in [7, 11) is 0. The first-order valence-electron chi connectivity index (χ1n) is 6.34. The summed E-state index contributed by atoms with van der Waals surface area (Å²) >= 11 is 1.94. The van der Waals surface area contributed by atoms with Crippen molar-refractivity contribution in [2.45, 2.75) is 32.9 Å². The van der Waals surface area contributed by atoms with E-state index < -0.39 is 0 Å². The number of nitrogen functional groups attached to an aromatic ring is 1. The molecule has 7 nitrogen and oxygen atoms in total. The third-order valence-corrected chi connectivity index (χ3v) is 3.89. The van der Waals surface area contributed by atoms with E-state index >= 15 is 0 Å². The predicted octanol–water partition coefficient (Wildman–Crippen LogP) is 0.886. The van der Waals surface area contributed by atoms with Crippen LogP contribution in [0.1, 0.15) is 20.8 Å². The number of nitrogens with two attached hydrogens (primary N) is 1. The Kier molecular flexibility index (Phi) is 4.65. The van der Waals surface area contributed by atoms with Crippen LogP contribution in [-0.4, -0.2) is 45.1 Å². The predicted molar refractivity (Wildman–Crippen MR) is 77.5 cm³/mol. The van der Waals surface area contributed by atoms with Crippen LogP contribution in [0, 0.1) is 0 Å². The number of rotatable bonds is 4. The van der Waals surface area contributed by atoms with Gasteiger partial charge in [0.15, 0.2) is 0 Å². The van der Waals surface area contributed by atoms with Gasteiger partial charge in [0.25, 0.3) is 0 Å². The maximum Gasteiger partial charge on any atom is 0.323 e. The smallest absolute Gasteiger partial charge is 0.323 e. The van der Waals surface area contributed by atoms with E-state index in [0.717, 1.165) is 18.1 Å². The van der Waals surface area contributed by atoms with Crippen molar-refractivity contribution in [1.29, 1.82) is 0 Å². The maximum atomic E-state index is 5.53. The van der Waals surface area contributed by atoms with Crippen molar-refractivity contribution in [3.63, 3.8) is 0 Å². The number of hydrogen-bond acceptors (Lipinski definition) is 8. The third kappa shape index (κ3) is 3.60. The first kappa shape index (κ1) is 14.1. The molecular formula is C11H20N6OS. The van der Waals surface area contributed by atoms with Crippen LogP contribution in [0.15, 0.2) is 0 Å². The van der Waals surface area contributed by atoms with E-state index in [0.29, 0.717) is 23.9 Å². The van der Waals surface area contributed by atoms with Crippen LogP contribution in [0.2, 0.25) is 0 Å². The van der Waals surface area contributed by atoms with Crippen molar-refractivity contribution in [3.8, 4) is 6.01 Å². The van der Waals surface area contributed by atoms with Gasteiger partial charge in [0, 0.05) is 24.1 Å². The molecule has 1 atom stereocenters. The van der Waals surface area contributed by atoms with Gasteiger partial charge in [-0.1, -0.05) is 0 Å². The van der Waals surface area contributed by atoms with E-state index in [4.69, 9.17) is 10.6 Å². The molecule has 106 valence electrons.